The average Bonchev–Trinajstić information content (AvgIpc) is 3.46. The first-order valence-corrected chi connectivity index (χ1v) is 12.3. The summed E-state index contributed by atoms with van der Waals surface area (Å²) in [6.07, 6.45) is 5.71. The van der Waals surface area contributed by atoms with Crippen molar-refractivity contribution >= 4 is 12.2 Å². The number of amides is 2. The van der Waals surface area contributed by atoms with E-state index in [9.17, 15) is 9.59 Å². The number of imidazole rings is 1. The monoisotopic (exact) mass is 470 g/mol. The Labute approximate surface area is 202 Å². The number of carbonyl (C=O) groups is 2. The molecule has 2 atom stereocenters. The smallest absolute Gasteiger partial charge is 0.410 e. The standard InChI is InChI=1S/C26H38N4O4/c1-5-10-20(14-15-27-24(31)33-18-19-11-7-6-8-12-19)21-17-28-23(29-21)22-13-9-16-30(22)25(32)34-26(2,3)4/h6-8,11-12,17,20,22H,5,9-10,13-16,18H2,1-4H3,(H,27,31)(H,28,29)/t20?,22-/m0/s1. The maximum atomic E-state index is 12.6. The normalized spacial score (nSPS) is 16.8. The second kappa shape index (κ2) is 11.9. The number of hydrogen-bond acceptors (Lipinski definition) is 5. The molecule has 1 saturated heterocycles. The predicted octanol–water partition coefficient (Wildman–Crippen LogP) is 5.68. The van der Waals surface area contributed by atoms with Crippen LogP contribution in [0.5, 0.6) is 0 Å². The fourth-order valence-corrected chi connectivity index (χ4v) is 4.24. The number of benzene rings is 1. The molecular weight excluding hydrogens is 432 g/mol. The summed E-state index contributed by atoms with van der Waals surface area (Å²) in [6.45, 7) is 9.21. The molecule has 8 heteroatoms. The van der Waals surface area contributed by atoms with Gasteiger partial charge in [-0.1, -0.05) is 43.7 Å². The summed E-state index contributed by atoms with van der Waals surface area (Å²) < 4.78 is 10.9. The van der Waals surface area contributed by atoms with Gasteiger partial charge < -0.3 is 19.8 Å². The SMILES string of the molecule is CCCC(CCNC(=O)OCc1ccccc1)c1cnc([C@@H]2CCCN2C(=O)OC(C)(C)C)[nH]1. The zero-order valence-electron chi connectivity index (χ0n) is 20.8. The molecule has 0 spiro atoms. The third kappa shape index (κ3) is 7.50. The van der Waals surface area contributed by atoms with Crippen molar-refractivity contribution in [1.29, 1.82) is 0 Å². The molecule has 2 N–H and O–H groups in total. The highest BCUT2D eigenvalue weighted by Crippen LogP contribution is 2.33. The molecule has 2 heterocycles. The van der Waals surface area contributed by atoms with Gasteiger partial charge in [-0.15, -0.1) is 0 Å². The molecular formula is C26H38N4O4. The van der Waals surface area contributed by atoms with Gasteiger partial charge in [0, 0.05) is 30.9 Å². The summed E-state index contributed by atoms with van der Waals surface area (Å²) in [5.41, 5.74) is 1.46. The van der Waals surface area contributed by atoms with Crippen molar-refractivity contribution < 1.29 is 19.1 Å². The highest BCUT2D eigenvalue weighted by atomic mass is 16.6. The lowest BCUT2D eigenvalue weighted by atomic mass is 9.97. The van der Waals surface area contributed by atoms with E-state index < -0.39 is 11.7 Å². The van der Waals surface area contributed by atoms with E-state index in [0.29, 0.717) is 13.1 Å². The highest BCUT2D eigenvalue weighted by Gasteiger charge is 2.35. The number of rotatable bonds is 9. The number of ether oxygens (including phenoxy) is 2. The minimum absolute atomic E-state index is 0.100. The third-order valence-electron chi connectivity index (χ3n) is 5.86. The lowest BCUT2D eigenvalue weighted by Gasteiger charge is -2.27. The lowest BCUT2D eigenvalue weighted by molar-refractivity contribution is 0.0218. The van der Waals surface area contributed by atoms with Crippen molar-refractivity contribution in [3.8, 4) is 0 Å². The Balaban J connectivity index is 1.53. The van der Waals surface area contributed by atoms with Crippen LogP contribution in [0.2, 0.25) is 0 Å². The molecule has 1 aliphatic rings. The Kier molecular flexibility index (Phi) is 8.96. The molecule has 0 saturated carbocycles. The van der Waals surface area contributed by atoms with Gasteiger partial charge in [0.25, 0.3) is 0 Å². The number of nitrogens with zero attached hydrogens (tertiary/aromatic N) is 2. The van der Waals surface area contributed by atoms with Crippen molar-refractivity contribution in [1.82, 2.24) is 20.2 Å². The van der Waals surface area contributed by atoms with Gasteiger partial charge in [-0.3, -0.25) is 4.90 Å². The number of carbonyl (C=O) groups excluding carboxylic acids is 2. The molecule has 1 unspecified atom stereocenters. The van der Waals surface area contributed by atoms with E-state index in [1.807, 2.05) is 57.3 Å². The first-order valence-electron chi connectivity index (χ1n) is 12.3. The molecule has 1 aliphatic heterocycles. The minimum Gasteiger partial charge on any atom is -0.445 e. The Morgan fingerprint density at radius 1 is 1.24 bits per heavy atom. The van der Waals surface area contributed by atoms with E-state index in [4.69, 9.17) is 9.47 Å². The molecule has 1 aromatic heterocycles. The third-order valence-corrected chi connectivity index (χ3v) is 5.86. The Morgan fingerprint density at radius 3 is 2.71 bits per heavy atom. The molecule has 34 heavy (non-hydrogen) atoms. The number of aromatic nitrogens is 2. The minimum atomic E-state index is -0.528. The van der Waals surface area contributed by atoms with Crippen molar-refractivity contribution in [3.63, 3.8) is 0 Å². The fraction of sp³-hybridized carbons (Fsp3) is 0.577. The van der Waals surface area contributed by atoms with Crippen LogP contribution in [-0.4, -0.2) is 45.7 Å². The van der Waals surface area contributed by atoms with Crippen molar-refractivity contribution in [3.05, 3.63) is 53.6 Å². The van der Waals surface area contributed by atoms with Crippen molar-refractivity contribution in [2.24, 2.45) is 0 Å². The number of likely N-dealkylation sites (tertiary alicyclic amines) is 1. The molecule has 3 rings (SSSR count). The first-order chi connectivity index (χ1) is 16.3. The second-order valence-electron chi connectivity index (χ2n) is 9.82. The molecule has 1 fully saturated rings. The molecule has 8 nitrogen and oxygen atoms in total. The van der Waals surface area contributed by atoms with E-state index in [0.717, 1.165) is 49.2 Å². The summed E-state index contributed by atoms with van der Waals surface area (Å²) in [7, 11) is 0. The maximum Gasteiger partial charge on any atom is 0.410 e. The van der Waals surface area contributed by atoms with Crippen molar-refractivity contribution in [2.75, 3.05) is 13.1 Å². The molecule has 0 radical (unpaired) electrons. The van der Waals surface area contributed by atoms with Crippen LogP contribution in [-0.2, 0) is 16.1 Å². The average molecular weight is 471 g/mol. The van der Waals surface area contributed by atoms with Crippen LogP contribution in [0.1, 0.15) is 88.8 Å². The van der Waals surface area contributed by atoms with E-state index in [2.05, 4.69) is 22.2 Å². The van der Waals surface area contributed by atoms with Crippen molar-refractivity contribution in [2.45, 2.75) is 84.0 Å². The number of hydrogen-bond donors (Lipinski definition) is 2. The molecule has 0 bridgehead atoms. The van der Waals surface area contributed by atoms with Crippen LogP contribution in [0.3, 0.4) is 0 Å². The van der Waals surface area contributed by atoms with Crippen LogP contribution in [0.15, 0.2) is 36.5 Å². The predicted molar refractivity (Wildman–Crippen MR) is 130 cm³/mol. The highest BCUT2D eigenvalue weighted by molar-refractivity contribution is 5.69. The zero-order chi connectivity index (χ0) is 24.6. The Morgan fingerprint density at radius 2 is 2.00 bits per heavy atom. The van der Waals surface area contributed by atoms with Gasteiger partial charge in [0.15, 0.2) is 0 Å². The molecule has 1 aromatic carbocycles. The second-order valence-corrected chi connectivity index (χ2v) is 9.82. The van der Waals surface area contributed by atoms with Gasteiger partial charge in [0.05, 0.1) is 6.04 Å². The topological polar surface area (TPSA) is 96.6 Å². The number of nitrogens with one attached hydrogen (secondary N) is 2. The van der Waals surface area contributed by atoms with Gasteiger partial charge in [0.1, 0.15) is 18.0 Å². The van der Waals surface area contributed by atoms with Crippen LogP contribution in [0.4, 0.5) is 9.59 Å². The van der Waals surface area contributed by atoms with Gasteiger partial charge in [-0.2, -0.15) is 0 Å². The van der Waals surface area contributed by atoms with E-state index in [-0.39, 0.29) is 24.7 Å². The molecule has 0 aliphatic carbocycles. The van der Waals surface area contributed by atoms with Gasteiger partial charge in [-0.25, -0.2) is 14.6 Å². The van der Waals surface area contributed by atoms with Crippen LogP contribution >= 0.6 is 0 Å². The van der Waals surface area contributed by atoms with Crippen LogP contribution in [0, 0.1) is 0 Å². The van der Waals surface area contributed by atoms with Crippen LogP contribution in [0.25, 0.3) is 0 Å². The fourth-order valence-electron chi connectivity index (χ4n) is 4.24. The number of H-pyrrole nitrogens is 1. The van der Waals surface area contributed by atoms with Gasteiger partial charge in [0.2, 0.25) is 0 Å². The lowest BCUT2D eigenvalue weighted by Crippen LogP contribution is -2.36. The Hall–Kier alpha value is -3.03. The molecule has 2 amide bonds. The largest absolute Gasteiger partial charge is 0.445 e. The zero-order valence-corrected chi connectivity index (χ0v) is 20.8. The Bertz CT molecular complexity index is 922. The van der Waals surface area contributed by atoms with E-state index >= 15 is 0 Å². The van der Waals surface area contributed by atoms with E-state index in [1.54, 1.807) is 4.90 Å². The summed E-state index contributed by atoms with van der Waals surface area (Å²) in [5, 5.41) is 2.85. The first kappa shape index (κ1) is 25.6. The summed E-state index contributed by atoms with van der Waals surface area (Å²) in [5.74, 6) is 1.03. The summed E-state index contributed by atoms with van der Waals surface area (Å²) >= 11 is 0. The van der Waals surface area contributed by atoms with Gasteiger partial charge >= 0.3 is 12.2 Å². The number of alkyl carbamates (subject to hydrolysis) is 1. The van der Waals surface area contributed by atoms with Crippen LogP contribution < -0.4 is 5.32 Å². The number of aromatic amines is 1. The van der Waals surface area contributed by atoms with Gasteiger partial charge in [-0.05, 0) is 52.0 Å². The quantitative estimate of drug-likeness (QED) is 0.491. The maximum absolute atomic E-state index is 12.6. The van der Waals surface area contributed by atoms with E-state index in [1.165, 1.54) is 0 Å². The molecule has 2 aromatic rings. The summed E-state index contributed by atoms with van der Waals surface area (Å²) in [4.78, 5) is 34.6. The summed E-state index contributed by atoms with van der Waals surface area (Å²) in [6, 6.07) is 9.52. The molecule has 186 valence electrons.